The van der Waals surface area contributed by atoms with Crippen molar-refractivity contribution < 1.29 is 19.0 Å². The second kappa shape index (κ2) is 7.56. The van der Waals surface area contributed by atoms with Crippen molar-refractivity contribution in [2.24, 2.45) is 17.8 Å². The summed E-state index contributed by atoms with van der Waals surface area (Å²) < 4.78 is 16.7. The van der Waals surface area contributed by atoms with E-state index in [1.54, 1.807) is 6.26 Å². The molecule has 2 rings (SSSR count). The highest BCUT2D eigenvalue weighted by atomic mass is 16.7. The van der Waals surface area contributed by atoms with E-state index >= 15 is 0 Å². The third-order valence-electron chi connectivity index (χ3n) is 4.79. The van der Waals surface area contributed by atoms with Crippen LogP contribution in [0.4, 0.5) is 4.79 Å². The van der Waals surface area contributed by atoms with Gasteiger partial charge < -0.3 is 19.5 Å². The van der Waals surface area contributed by atoms with E-state index in [2.05, 4.69) is 26.1 Å². The summed E-state index contributed by atoms with van der Waals surface area (Å²) in [5, 5.41) is 2.81. The van der Waals surface area contributed by atoms with Gasteiger partial charge in [0.2, 0.25) is 5.79 Å². The van der Waals surface area contributed by atoms with Gasteiger partial charge in [-0.1, -0.05) is 27.2 Å². The molecule has 0 bridgehead atoms. The number of hydrogen-bond donors (Lipinski definition) is 1. The van der Waals surface area contributed by atoms with Crippen LogP contribution in [0, 0.1) is 17.8 Å². The molecule has 132 valence electrons. The van der Waals surface area contributed by atoms with E-state index in [-0.39, 0.29) is 12.2 Å². The highest BCUT2D eigenvalue weighted by Gasteiger charge is 2.33. The Morgan fingerprint density at radius 1 is 1.43 bits per heavy atom. The maximum absolute atomic E-state index is 12.1. The number of alkyl carbamates (subject to hydrolysis) is 1. The number of ether oxygens (including phenoxy) is 3. The molecule has 5 nitrogen and oxygen atoms in total. The van der Waals surface area contributed by atoms with Crippen LogP contribution in [0.1, 0.15) is 53.9 Å². The minimum Gasteiger partial charge on any atom is -0.470 e. The van der Waals surface area contributed by atoms with Crippen molar-refractivity contribution in [3.8, 4) is 0 Å². The van der Waals surface area contributed by atoms with Crippen LogP contribution in [0.15, 0.2) is 11.8 Å². The Hall–Kier alpha value is -1.23. The average Bonchev–Trinajstić information content (AvgIpc) is 2.46. The summed E-state index contributed by atoms with van der Waals surface area (Å²) in [6, 6.07) is 0. The number of carbonyl (C=O) groups is 1. The van der Waals surface area contributed by atoms with Crippen molar-refractivity contribution >= 4 is 6.09 Å². The number of rotatable bonds is 4. The molecule has 2 aliphatic rings. The van der Waals surface area contributed by atoms with Crippen molar-refractivity contribution in [2.75, 3.05) is 13.2 Å². The first-order chi connectivity index (χ1) is 10.8. The molecule has 0 aromatic rings. The van der Waals surface area contributed by atoms with Gasteiger partial charge in [0.1, 0.15) is 6.10 Å². The third kappa shape index (κ3) is 5.41. The van der Waals surface area contributed by atoms with Crippen molar-refractivity contribution in [2.45, 2.75) is 65.8 Å². The smallest absolute Gasteiger partial charge is 0.407 e. The zero-order valence-electron chi connectivity index (χ0n) is 15.1. The Morgan fingerprint density at radius 2 is 2.17 bits per heavy atom. The van der Waals surface area contributed by atoms with Gasteiger partial charge in [0.15, 0.2) is 0 Å². The monoisotopic (exact) mass is 325 g/mol. The maximum Gasteiger partial charge on any atom is 0.407 e. The van der Waals surface area contributed by atoms with Crippen LogP contribution in [0.3, 0.4) is 0 Å². The van der Waals surface area contributed by atoms with Crippen LogP contribution >= 0.6 is 0 Å². The van der Waals surface area contributed by atoms with Gasteiger partial charge in [-0.15, -0.1) is 0 Å². The molecule has 1 aliphatic carbocycles. The number of amides is 1. The second-order valence-corrected chi connectivity index (χ2v) is 7.71. The number of nitrogens with one attached hydrogen (secondary N) is 1. The van der Waals surface area contributed by atoms with Gasteiger partial charge in [0.05, 0.1) is 12.9 Å². The van der Waals surface area contributed by atoms with Gasteiger partial charge >= 0.3 is 6.09 Å². The summed E-state index contributed by atoms with van der Waals surface area (Å²) in [5.41, 5.74) is 0.902. The Kier molecular flexibility index (Phi) is 5.95. The number of carbonyl (C=O) groups excluding carboxylic acids is 1. The molecule has 0 saturated heterocycles. The molecule has 0 aromatic heterocycles. The lowest BCUT2D eigenvalue weighted by molar-refractivity contribution is -0.189. The van der Waals surface area contributed by atoms with E-state index in [4.69, 9.17) is 14.2 Å². The Labute approximate surface area is 139 Å². The van der Waals surface area contributed by atoms with Gasteiger partial charge in [0.25, 0.3) is 0 Å². The minimum atomic E-state index is -0.591. The normalized spacial score (nSPS) is 30.3. The molecule has 1 heterocycles. The molecule has 3 atom stereocenters. The van der Waals surface area contributed by atoms with Gasteiger partial charge in [-0.25, -0.2) is 4.79 Å². The molecule has 23 heavy (non-hydrogen) atoms. The van der Waals surface area contributed by atoms with E-state index in [0.29, 0.717) is 30.9 Å². The average molecular weight is 325 g/mol. The first-order valence-electron chi connectivity index (χ1n) is 8.71. The quantitative estimate of drug-likeness (QED) is 0.853. The van der Waals surface area contributed by atoms with Gasteiger partial charge in [-0.3, -0.25) is 0 Å². The molecular weight excluding hydrogens is 294 g/mol. The van der Waals surface area contributed by atoms with Crippen molar-refractivity contribution in [1.82, 2.24) is 5.32 Å². The first-order valence-corrected chi connectivity index (χ1v) is 8.71. The van der Waals surface area contributed by atoms with E-state index in [1.807, 2.05) is 13.8 Å². The van der Waals surface area contributed by atoms with E-state index in [9.17, 15) is 4.79 Å². The van der Waals surface area contributed by atoms with Crippen molar-refractivity contribution in [1.29, 1.82) is 0 Å². The zero-order chi connectivity index (χ0) is 17.0. The molecule has 1 amide bonds. The summed E-state index contributed by atoms with van der Waals surface area (Å²) in [6.45, 7) is 11.2. The summed E-state index contributed by atoms with van der Waals surface area (Å²) >= 11 is 0. The SMILES string of the molecule is CC(C)[C@@H]1CC[C@@H](C)C[C@@H]1OC(=O)NCC1=COC(C)(C)OC1. The summed E-state index contributed by atoms with van der Waals surface area (Å²) in [4.78, 5) is 12.1. The lowest BCUT2D eigenvalue weighted by atomic mass is 9.75. The molecule has 5 heteroatoms. The highest BCUT2D eigenvalue weighted by Crippen LogP contribution is 2.35. The molecule has 1 aliphatic heterocycles. The third-order valence-corrected chi connectivity index (χ3v) is 4.79. The lowest BCUT2D eigenvalue weighted by Gasteiger charge is -2.36. The van der Waals surface area contributed by atoms with Crippen LogP contribution < -0.4 is 5.32 Å². The van der Waals surface area contributed by atoms with E-state index in [1.165, 1.54) is 6.42 Å². The fraction of sp³-hybridized carbons (Fsp3) is 0.833. The Morgan fingerprint density at radius 3 is 2.78 bits per heavy atom. The summed E-state index contributed by atoms with van der Waals surface area (Å²) in [7, 11) is 0. The van der Waals surface area contributed by atoms with Crippen LogP contribution in [0.2, 0.25) is 0 Å². The van der Waals surface area contributed by atoms with Crippen molar-refractivity contribution in [3.63, 3.8) is 0 Å². The minimum absolute atomic E-state index is 0.0190. The second-order valence-electron chi connectivity index (χ2n) is 7.71. The zero-order valence-corrected chi connectivity index (χ0v) is 15.1. The highest BCUT2D eigenvalue weighted by molar-refractivity contribution is 5.67. The summed E-state index contributed by atoms with van der Waals surface area (Å²) in [5.74, 6) is 1.02. The van der Waals surface area contributed by atoms with Crippen LogP contribution in [-0.4, -0.2) is 31.1 Å². The first kappa shape index (κ1) is 18.1. The van der Waals surface area contributed by atoms with Crippen LogP contribution in [-0.2, 0) is 14.2 Å². The molecule has 0 unspecified atom stereocenters. The van der Waals surface area contributed by atoms with Crippen LogP contribution in [0.5, 0.6) is 0 Å². The lowest BCUT2D eigenvalue weighted by Crippen LogP contribution is -2.40. The van der Waals surface area contributed by atoms with E-state index < -0.39 is 5.79 Å². The van der Waals surface area contributed by atoms with Gasteiger partial charge in [-0.2, -0.15) is 0 Å². The van der Waals surface area contributed by atoms with E-state index in [0.717, 1.165) is 18.4 Å². The number of hydrogen-bond acceptors (Lipinski definition) is 4. The standard InChI is InChI=1S/C18H31NO4/c1-12(2)15-7-6-13(3)8-16(15)23-17(20)19-9-14-10-21-18(4,5)22-11-14/h10,12-13,15-16H,6-9,11H2,1-5H3,(H,19,20)/t13-,15+,16+/m1/s1. The van der Waals surface area contributed by atoms with Gasteiger partial charge in [-0.05, 0) is 30.6 Å². The molecule has 0 radical (unpaired) electrons. The molecule has 1 N–H and O–H groups in total. The predicted octanol–water partition coefficient (Wildman–Crippen LogP) is 3.84. The summed E-state index contributed by atoms with van der Waals surface area (Å²) in [6.07, 6.45) is 4.66. The molecule has 1 saturated carbocycles. The van der Waals surface area contributed by atoms with Crippen molar-refractivity contribution in [3.05, 3.63) is 11.8 Å². The maximum atomic E-state index is 12.1. The molecule has 0 aromatic carbocycles. The fourth-order valence-electron chi connectivity index (χ4n) is 3.27. The molecule has 0 spiro atoms. The van der Waals surface area contributed by atoms with Crippen LogP contribution in [0.25, 0.3) is 0 Å². The molecular formula is C18H31NO4. The Balaban J connectivity index is 1.80. The molecule has 1 fully saturated rings. The Bertz CT molecular complexity index is 444. The largest absolute Gasteiger partial charge is 0.470 e. The topological polar surface area (TPSA) is 56.8 Å². The van der Waals surface area contributed by atoms with Gasteiger partial charge in [0, 0.05) is 26.0 Å². The predicted molar refractivity (Wildman–Crippen MR) is 88.8 cm³/mol. The fourth-order valence-corrected chi connectivity index (χ4v) is 3.27.